The Morgan fingerprint density at radius 1 is 1.11 bits per heavy atom. The minimum atomic E-state index is -4.30. The summed E-state index contributed by atoms with van der Waals surface area (Å²) in [7, 11) is 0. The summed E-state index contributed by atoms with van der Waals surface area (Å²) in [5.41, 5.74) is 6.18. The number of rotatable bonds is 2. The van der Waals surface area contributed by atoms with Gasteiger partial charge in [-0.2, -0.15) is 13.2 Å². The maximum atomic E-state index is 12.3. The average Bonchev–Trinajstić information content (AvgIpc) is 2.72. The number of benzene rings is 1. The van der Waals surface area contributed by atoms with Crippen molar-refractivity contribution in [1.82, 2.24) is 4.98 Å². The summed E-state index contributed by atoms with van der Waals surface area (Å²) in [4.78, 5) is 4.01. The van der Waals surface area contributed by atoms with E-state index in [2.05, 4.69) is 4.98 Å². The van der Waals surface area contributed by atoms with E-state index in [1.165, 1.54) is 23.5 Å². The smallest absolute Gasteiger partial charge is 0.375 e. The van der Waals surface area contributed by atoms with Gasteiger partial charge in [-0.05, 0) is 23.8 Å². The van der Waals surface area contributed by atoms with Crippen LogP contribution in [-0.4, -0.2) is 4.98 Å². The zero-order valence-corrected chi connectivity index (χ0v) is 9.92. The van der Waals surface area contributed by atoms with Gasteiger partial charge in [0.1, 0.15) is 0 Å². The zero-order valence-electron chi connectivity index (χ0n) is 9.11. The van der Waals surface area contributed by atoms with Crippen molar-refractivity contribution in [3.8, 4) is 0 Å². The summed E-state index contributed by atoms with van der Waals surface area (Å²) in [6.45, 7) is 0. The van der Waals surface area contributed by atoms with Crippen molar-refractivity contribution in [2.45, 2.75) is 6.18 Å². The van der Waals surface area contributed by atoms with E-state index in [9.17, 15) is 13.2 Å². The molecule has 2 rings (SSSR count). The SMILES string of the molecule is Nc1nc(C=Cc2ccc(C(F)(F)F)cc2)cs1. The van der Waals surface area contributed by atoms with E-state index in [0.717, 1.165) is 12.1 Å². The molecule has 1 aromatic heterocycles. The third-order valence-corrected chi connectivity index (χ3v) is 2.92. The lowest BCUT2D eigenvalue weighted by atomic mass is 10.1. The number of nitrogens with two attached hydrogens (primary N) is 1. The normalized spacial score (nSPS) is 12.2. The lowest BCUT2D eigenvalue weighted by Gasteiger charge is -2.05. The van der Waals surface area contributed by atoms with Crippen LogP contribution in [0.2, 0.25) is 0 Å². The molecule has 94 valence electrons. The molecule has 1 heterocycles. The number of halogens is 3. The first kappa shape index (κ1) is 12.6. The largest absolute Gasteiger partial charge is 0.416 e. The molecule has 0 aliphatic rings. The van der Waals surface area contributed by atoms with E-state index in [4.69, 9.17) is 5.73 Å². The first-order valence-electron chi connectivity index (χ1n) is 5.01. The van der Waals surface area contributed by atoms with Gasteiger partial charge in [-0.3, -0.25) is 0 Å². The fourth-order valence-electron chi connectivity index (χ4n) is 1.34. The molecule has 0 radical (unpaired) electrons. The van der Waals surface area contributed by atoms with Crippen LogP contribution < -0.4 is 5.73 Å². The van der Waals surface area contributed by atoms with Crippen LogP contribution >= 0.6 is 11.3 Å². The van der Waals surface area contributed by atoms with Crippen molar-refractivity contribution in [3.63, 3.8) is 0 Å². The molecule has 0 spiro atoms. The molecule has 0 bridgehead atoms. The van der Waals surface area contributed by atoms with Crippen LogP contribution in [0.1, 0.15) is 16.8 Å². The summed E-state index contributed by atoms with van der Waals surface area (Å²) < 4.78 is 37.0. The minimum absolute atomic E-state index is 0.460. The third-order valence-electron chi connectivity index (χ3n) is 2.22. The average molecular weight is 270 g/mol. The minimum Gasteiger partial charge on any atom is -0.375 e. The van der Waals surface area contributed by atoms with Crippen molar-refractivity contribution >= 4 is 28.6 Å². The molecule has 2 N–H and O–H groups in total. The first-order valence-corrected chi connectivity index (χ1v) is 5.89. The maximum absolute atomic E-state index is 12.3. The van der Waals surface area contributed by atoms with Gasteiger partial charge in [0.05, 0.1) is 11.3 Å². The van der Waals surface area contributed by atoms with E-state index >= 15 is 0 Å². The Kier molecular flexibility index (Phi) is 3.38. The molecule has 0 saturated heterocycles. The van der Waals surface area contributed by atoms with Crippen molar-refractivity contribution in [3.05, 3.63) is 46.5 Å². The van der Waals surface area contributed by atoms with Crippen molar-refractivity contribution in [2.75, 3.05) is 5.73 Å². The van der Waals surface area contributed by atoms with Crippen LogP contribution in [0.15, 0.2) is 29.6 Å². The molecule has 0 aliphatic carbocycles. The maximum Gasteiger partial charge on any atom is 0.416 e. The molecule has 0 amide bonds. The van der Waals surface area contributed by atoms with Gasteiger partial charge in [0.25, 0.3) is 0 Å². The fraction of sp³-hybridized carbons (Fsp3) is 0.0833. The molecular formula is C12H9F3N2S. The van der Waals surface area contributed by atoms with E-state index < -0.39 is 11.7 Å². The molecule has 0 atom stereocenters. The number of alkyl halides is 3. The monoisotopic (exact) mass is 270 g/mol. The van der Waals surface area contributed by atoms with Crippen molar-refractivity contribution in [2.24, 2.45) is 0 Å². The Morgan fingerprint density at radius 2 is 1.78 bits per heavy atom. The van der Waals surface area contributed by atoms with Gasteiger partial charge in [-0.1, -0.05) is 18.2 Å². The highest BCUT2D eigenvalue weighted by Gasteiger charge is 2.29. The van der Waals surface area contributed by atoms with Gasteiger partial charge in [0.2, 0.25) is 0 Å². The lowest BCUT2D eigenvalue weighted by Crippen LogP contribution is -2.03. The standard InChI is InChI=1S/C12H9F3N2S/c13-12(14,15)9-4-1-8(2-5-9)3-6-10-7-18-11(16)17-10/h1-7H,(H2,16,17). The number of anilines is 1. The van der Waals surface area contributed by atoms with E-state index in [1.807, 2.05) is 0 Å². The Hall–Kier alpha value is -1.82. The predicted octanol–water partition coefficient (Wildman–Crippen LogP) is 3.91. The molecule has 0 saturated carbocycles. The molecule has 0 unspecified atom stereocenters. The Labute approximate surface area is 106 Å². The quantitative estimate of drug-likeness (QED) is 0.898. The summed E-state index contributed by atoms with van der Waals surface area (Å²) in [5, 5.41) is 2.23. The molecular weight excluding hydrogens is 261 g/mol. The molecule has 6 heteroatoms. The van der Waals surface area contributed by atoms with Gasteiger partial charge < -0.3 is 5.73 Å². The van der Waals surface area contributed by atoms with E-state index in [0.29, 0.717) is 16.4 Å². The van der Waals surface area contributed by atoms with Gasteiger partial charge in [-0.25, -0.2) is 4.98 Å². The van der Waals surface area contributed by atoms with E-state index in [1.54, 1.807) is 17.5 Å². The number of nitrogen functional groups attached to an aromatic ring is 1. The summed E-state index contributed by atoms with van der Waals surface area (Å²) in [6, 6.07) is 4.92. The fourth-order valence-corrected chi connectivity index (χ4v) is 1.87. The zero-order chi connectivity index (χ0) is 13.2. The second-order valence-electron chi connectivity index (χ2n) is 3.56. The van der Waals surface area contributed by atoms with Gasteiger partial charge in [0, 0.05) is 5.38 Å². The molecule has 1 aromatic carbocycles. The van der Waals surface area contributed by atoms with Crippen molar-refractivity contribution < 1.29 is 13.2 Å². The molecule has 18 heavy (non-hydrogen) atoms. The number of hydrogen-bond donors (Lipinski definition) is 1. The Balaban J connectivity index is 2.13. The number of aromatic nitrogens is 1. The lowest BCUT2D eigenvalue weighted by molar-refractivity contribution is -0.137. The highest BCUT2D eigenvalue weighted by atomic mass is 32.1. The highest BCUT2D eigenvalue weighted by molar-refractivity contribution is 7.13. The second-order valence-corrected chi connectivity index (χ2v) is 4.45. The summed E-state index contributed by atoms with van der Waals surface area (Å²) >= 11 is 1.31. The molecule has 2 nitrogen and oxygen atoms in total. The Bertz CT molecular complexity index is 555. The van der Waals surface area contributed by atoms with Gasteiger partial charge >= 0.3 is 6.18 Å². The van der Waals surface area contributed by atoms with E-state index in [-0.39, 0.29) is 0 Å². The van der Waals surface area contributed by atoms with Gasteiger partial charge in [0.15, 0.2) is 5.13 Å². The van der Waals surface area contributed by atoms with Crippen LogP contribution in [-0.2, 0) is 6.18 Å². The molecule has 0 aliphatic heterocycles. The van der Waals surface area contributed by atoms with Crippen LogP contribution in [0.4, 0.5) is 18.3 Å². The van der Waals surface area contributed by atoms with Crippen LogP contribution in [0, 0.1) is 0 Å². The number of nitrogens with zero attached hydrogens (tertiary/aromatic N) is 1. The molecule has 0 fully saturated rings. The van der Waals surface area contributed by atoms with Crippen LogP contribution in [0.3, 0.4) is 0 Å². The number of hydrogen-bond acceptors (Lipinski definition) is 3. The molecule has 2 aromatic rings. The topological polar surface area (TPSA) is 38.9 Å². The van der Waals surface area contributed by atoms with Crippen LogP contribution in [0.5, 0.6) is 0 Å². The van der Waals surface area contributed by atoms with Crippen molar-refractivity contribution in [1.29, 1.82) is 0 Å². The summed E-state index contributed by atoms with van der Waals surface area (Å²) in [6.07, 6.45) is -0.907. The predicted molar refractivity (Wildman–Crippen MR) is 66.9 cm³/mol. The van der Waals surface area contributed by atoms with Gasteiger partial charge in [-0.15, -0.1) is 11.3 Å². The second kappa shape index (κ2) is 4.81. The summed E-state index contributed by atoms with van der Waals surface area (Å²) in [5.74, 6) is 0. The third kappa shape index (κ3) is 3.10. The number of thiazole rings is 1. The highest BCUT2D eigenvalue weighted by Crippen LogP contribution is 2.29. The van der Waals surface area contributed by atoms with Crippen LogP contribution in [0.25, 0.3) is 12.2 Å². The Morgan fingerprint density at radius 3 is 2.28 bits per heavy atom. The first-order chi connectivity index (χ1) is 8.45.